The first kappa shape index (κ1) is 12.3. The molecule has 1 unspecified atom stereocenters. The summed E-state index contributed by atoms with van der Waals surface area (Å²) in [5.41, 5.74) is -1.32. The zero-order valence-electron chi connectivity index (χ0n) is 7.35. The van der Waals surface area contributed by atoms with Crippen LogP contribution in [0.3, 0.4) is 0 Å². The number of hydrogen-bond acceptors (Lipinski definition) is 1. The van der Waals surface area contributed by atoms with E-state index in [4.69, 9.17) is 11.6 Å². The molecular weight excluding hydrogens is 236 g/mol. The molecule has 0 saturated carbocycles. The summed E-state index contributed by atoms with van der Waals surface area (Å²) in [5, 5.41) is 9.18. The molecule has 0 aliphatic carbocycles. The predicted molar refractivity (Wildman–Crippen MR) is 47.1 cm³/mol. The van der Waals surface area contributed by atoms with Crippen LogP contribution in [0, 0.1) is 5.82 Å². The van der Waals surface area contributed by atoms with Crippen LogP contribution < -0.4 is 0 Å². The summed E-state index contributed by atoms with van der Waals surface area (Å²) < 4.78 is 49.5. The molecule has 0 heterocycles. The second-order valence-electron chi connectivity index (χ2n) is 2.94. The molecule has 1 nitrogen and oxygen atoms in total. The molecule has 6 heteroatoms. The van der Waals surface area contributed by atoms with E-state index in [0.717, 1.165) is 6.07 Å². The number of aliphatic hydroxyl groups is 1. The van der Waals surface area contributed by atoms with Crippen LogP contribution in [0.2, 0.25) is 0 Å². The normalized spacial score (nSPS) is 14.0. The average Bonchev–Trinajstić information content (AvgIpc) is 2.14. The molecule has 0 saturated heterocycles. The van der Waals surface area contributed by atoms with Crippen molar-refractivity contribution < 1.29 is 22.7 Å². The molecule has 1 atom stereocenters. The topological polar surface area (TPSA) is 20.2 Å². The summed E-state index contributed by atoms with van der Waals surface area (Å²) in [5.74, 6) is -1.34. The van der Waals surface area contributed by atoms with Gasteiger partial charge in [0.1, 0.15) is 5.82 Å². The Balaban J connectivity index is 3.17. The Kier molecular flexibility index (Phi) is 3.57. The Morgan fingerprint density at radius 2 is 1.87 bits per heavy atom. The van der Waals surface area contributed by atoms with Crippen molar-refractivity contribution in [2.45, 2.75) is 12.3 Å². The third kappa shape index (κ3) is 3.07. The lowest BCUT2D eigenvalue weighted by Gasteiger charge is -2.11. The molecule has 1 aromatic rings. The molecule has 84 valence electrons. The van der Waals surface area contributed by atoms with Crippen LogP contribution in [0.4, 0.5) is 17.6 Å². The van der Waals surface area contributed by atoms with E-state index >= 15 is 0 Å². The van der Waals surface area contributed by atoms with Crippen LogP contribution >= 0.6 is 11.6 Å². The molecule has 0 aliphatic heterocycles. The number of hydrogen-bond donors (Lipinski definition) is 1. The van der Waals surface area contributed by atoms with Crippen LogP contribution in [-0.2, 0) is 6.18 Å². The summed E-state index contributed by atoms with van der Waals surface area (Å²) >= 11 is 5.25. The number of rotatable bonds is 2. The van der Waals surface area contributed by atoms with Crippen molar-refractivity contribution in [3.63, 3.8) is 0 Å². The predicted octanol–water partition coefficient (Wildman–Crippen LogP) is 3.12. The van der Waals surface area contributed by atoms with Gasteiger partial charge in [-0.05, 0) is 23.8 Å². The van der Waals surface area contributed by atoms with Crippen molar-refractivity contribution in [1.82, 2.24) is 0 Å². The van der Waals surface area contributed by atoms with Gasteiger partial charge in [0.05, 0.1) is 17.5 Å². The van der Waals surface area contributed by atoms with Crippen molar-refractivity contribution in [2.24, 2.45) is 0 Å². The lowest BCUT2D eigenvalue weighted by molar-refractivity contribution is -0.137. The highest BCUT2D eigenvalue weighted by atomic mass is 35.5. The number of halogens is 5. The Labute approximate surface area is 88.3 Å². The van der Waals surface area contributed by atoms with Crippen molar-refractivity contribution >= 4 is 11.6 Å². The molecule has 0 bridgehead atoms. The summed E-state index contributed by atoms with van der Waals surface area (Å²) in [7, 11) is 0. The van der Waals surface area contributed by atoms with Crippen molar-refractivity contribution in [1.29, 1.82) is 0 Å². The van der Waals surface area contributed by atoms with Crippen LogP contribution in [0.5, 0.6) is 0 Å². The highest BCUT2D eigenvalue weighted by molar-refractivity contribution is 6.18. The smallest absolute Gasteiger partial charge is 0.387 e. The van der Waals surface area contributed by atoms with Gasteiger partial charge in [0, 0.05) is 0 Å². The minimum absolute atomic E-state index is 0.183. The van der Waals surface area contributed by atoms with E-state index in [2.05, 4.69) is 0 Å². The standard InChI is InChI=1S/C9H7ClF4O/c10-4-8(15)5-1-6(9(12,13)14)3-7(11)2-5/h1-3,8,15H,4H2. The molecule has 0 aromatic heterocycles. The van der Waals surface area contributed by atoms with Gasteiger partial charge in [-0.3, -0.25) is 0 Å². The molecule has 0 aliphatic rings. The first-order chi connectivity index (χ1) is 6.84. The lowest BCUT2D eigenvalue weighted by atomic mass is 10.1. The lowest BCUT2D eigenvalue weighted by Crippen LogP contribution is -2.08. The third-order valence-electron chi connectivity index (χ3n) is 1.78. The maximum atomic E-state index is 12.8. The Bertz CT molecular complexity index is 350. The largest absolute Gasteiger partial charge is 0.416 e. The highest BCUT2D eigenvalue weighted by Crippen LogP contribution is 2.31. The molecule has 0 amide bonds. The van der Waals surface area contributed by atoms with Gasteiger partial charge in [-0.2, -0.15) is 13.2 Å². The zero-order chi connectivity index (χ0) is 11.6. The summed E-state index contributed by atoms with van der Waals surface area (Å²) in [6.45, 7) is 0. The van der Waals surface area contributed by atoms with E-state index in [-0.39, 0.29) is 11.4 Å². The van der Waals surface area contributed by atoms with Crippen molar-refractivity contribution in [3.05, 3.63) is 35.1 Å². The van der Waals surface area contributed by atoms with Crippen LogP contribution in [0.1, 0.15) is 17.2 Å². The number of aliphatic hydroxyl groups excluding tert-OH is 1. The number of benzene rings is 1. The fourth-order valence-corrected chi connectivity index (χ4v) is 1.24. The second kappa shape index (κ2) is 4.37. The SMILES string of the molecule is OC(CCl)c1cc(F)cc(C(F)(F)F)c1. The third-order valence-corrected chi connectivity index (χ3v) is 2.07. The molecular formula is C9H7ClF4O. The van der Waals surface area contributed by atoms with Gasteiger partial charge in [0.25, 0.3) is 0 Å². The van der Waals surface area contributed by atoms with E-state index in [1.807, 2.05) is 0 Å². The van der Waals surface area contributed by atoms with Gasteiger partial charge in [-0.15, -0.1) is 11.6 Å². The van der Waals surface area contributed by atoms with E-state index < -0.39 is 23.7 Å². The maximum absolute atomic E-state index is 12.8. The number of alkyl halides is 4. The maximum Gasteiger partial charge on any atom is 0.416 e. The summed E-state index contributed by atoms with van der Waals surface area (Å²) in [4.78, 5) is 0. The van der Waals surface area contributed by atoms with Gasteiger partial charge in [0.15, 0.2) is 0 Å². The monoisotopic (exact) mass is 242 g/mol. The van der Waals surface area contributed by atoms with Crippen LogP contribution in [0.15, 0.2) is 18.2 Å². The van der Waals surface area contributed by atoms with Crippen LogP contribution in [0.25, 0.3) is 0 Å². The molecule has 1 rings (SSSR count). The average molecular weight is 243 g/mol. The molecule has 0 fully saturated rings. The highest BCUT2D eigenvalue weighted by Gasteiger charge is 2.31. The minimum atomic E-state index is -4.64. The first-order valence-electron chi connectivity index (χ1n) is 3.96. The van der Waals surface area contributed by atoms with Gasteiger partial charge in [0.2, 0.25) is 0 Å². The molecule has 1 aromatic carbocycles. The molecule has 0 spiro atoms. The van der Waals surface area contributed by atoms with Crippen LogP contribution in [-0.4, -0.2) is 11.0 Å². The van der Waals surface area contributed by atoms with E-state index in [1.54, 1.807) is 0 Å². The zero-order valence-corrected chi connectivity index (χ0v) is 8.11. The molecule has 1 N–H and O–H groups in total. The molecule has 0 radical (unpaired) electrons. The van der Waals surface area contributed by atoms with Gasteiger partial charge in [-0.1, -0.05) is 0 Å². The van der Waals surface area contributed by atoms with Gasteiger partial charge >= 0.3 is 6.18 Å². The summed E-state index contributed by atoms with van der Waals surface area (Å²) in [6.07, 6.45) is -5.94. The van der Waals surface area contributed by atoms with Gasteiger partial charge in [-0.25, -0.2) is 4.39 Å². The minimum Gasteiger partial charge on any atom is -0.387 e. The quantitative estimate of drug-likeness (QED) is 0.624. The Morgan fingerprint density at radius 1 is 1.27 bits per heavy atom. The van der Waals surface area contributed by atoms with E-state index in [0.29, 0.717) is 12.1 Å². The second-order valence-corrected chi connectivity index (χ2v) is 3.25. The first-order valence-corrected chi connectivity index (χ1v) is 4.49. The molecule has 15 heavy (non-hydrogen) atoms. The van der Waals surface area contributed by atoms with Gasteiger partial charge < -0.3 is 5.11 Å². The van der Waals surface area contributed by atoms with E-state index in [9.17, 15) is 22.7 Å². The van der Waals surface area contributed by atoms with E-state index in [1.165, 1.54) is 0 Å². The Hall–Kier alpha value is -0.810. The van der Waals surface area contributed by atoms with Crippen molar-refractivity contribution in [2.75, 3.05) is 5.88 Å². The fraction of sp³-hybridized carbons (Fsp3) is 0.333. The Morgan fingerprint density at radius 3 is 2.33 bits per heavy atom. The summed E-state index contributed by atoms with van der Waals surface area (Å²) in [6, 6.07) is 1.86. The van der Waals surface area contributed by atoms with Crippen molar-refractivity contribution in [3.8, 4) is 0 Å². The fourth-order valence-electron chi connectivity index (χ4n) is 1.06.